The second-order valence-electron chi connectivity index (χ2n) is 6.27. The van der Waals surface area contributed by atoms with Gasteiger partial charge < -0.3 is 0 Å². The molecule has 112 valence electrons. The Kier molecular flexibility index (Phi) is 4.26. The molecule has 0 aromatic heterocycles. The number of rotatable bonds is 2. The van der Waals surface area contributed by atoms with E-state index in [4.69, 9.17) is 0 Å². The maximum atomic E-state index is 2.58. The second kappa shape index (κ2) is 6.04. The lowest BCUT2D eigenvalue weighted by atomic mass is 9.76. The molecule has 2 atom stereocenters. The highest BCUT2D eigenvalue weighted by Gasteiger charge is 2.34. The lowest BCUT2D eigenvalue weighted by Gasteiger charge is -2.35. The van der Waals surface area contributed by atoms with Crippen LogP contribution in [0.5, 0.6) is 0 Å². The predicted octanol–water partition coefficient (Wildman–Crippen LogP) is 6.54. The number of allylic oxidation sites excluding steroid dienone is 4. The normalized spacial score (nSPS) is 24.6. The molecule has 0 aliphatic heterocycles. The summed E-state index contributed by atoms with van der Waals surface area (Å²) in [5.74, 6) is 0.447. The van der Waals surface area contributed by atoms with Crippen molar-refractivity contribution in [2.75, 3.05) is 0 Å². The lowest BCUT2D eigenvalue weighted by molar-refractivity contribution is 0.674. The van der Waals surface area contributed by atoms with Crippen molar-refractivity contribution < 1.29 is 0 Å². The third kappa shape index (κ3) is 2.91. The molecule has 0 heterocycles. The summed E-state index contributed by atoms with van der Waals surface area (Å²) in [4.78, 5) is 0. The molecule has 0 N–H and O–H groups in total. The Morgan fingerprint density at radius 3 is 2.09 bits per heavy atom. The summed E-state index contributed by atoms with van der Waals surface area (Å²) in [6.45, 7) is 6.80. The zero-order valence-corrected chi connectivity index (χ0v) is 15.5. The summed E-state index contributed by atoms with van der Waals surface area (Å²) in [7, 11) is 0. The fourth-order valence-corrected chi connectivity index (χ4v) is 4.25. The summed E-state index contributed by atoms with van der Waals surface area (Å²) in [5, 5.41) is 0. The zero-order chi connectivity index (χ0) is 15.7. The molecule has 0 amide bonds. The molecule has 1 heteroatoms. The number of halogens is 1. The van der Waals surface area contributed by atoms with Crippen LogP contribution in [-0.4, -0.2) is 3.42 Å². The fourth-order valence-electron chi connectivity index (χ4n) is 3.24. The standard InChI is InChI=1S/C21H21I/c1-15-13-14-21(3,22)20(16(15)2)19-11-9-18(10-12-19)17-7-5-4-6-8-17/h4-14,20H,1-3H3. The molecule has 0 spiro atoms. The van der Waals surface area contributed by atoms with Gasteiger partial charge in [0.1, 0.15) is 0 Å². The van der Waals surface area contributed by atoms with Crippen LogP contribution in [0, 0.1) is 0 Å². The van der Waals surface area contributed by atoms with E-state index in [2.05, 4.69) is 110 Å². The number of hydrogen-bond acceptors (Lipinski definition) is 0. The molecule has 2 unspecified atom stereocenters. The van der Waals surface area contributed by atoms with Gasteiger partial charge in [-0.15, -0.1) is 0 Å². The van der Waals surface area contributed by atoms with Crippen LogP contribution in [0.2, 0.25) is 0 Å². The monoisotopic (exact) mass is 400 g/mol. The van der Waals surface area contributed by atoms with Crippen molar-refractivity contribution in [3.05, 3.63) is 83.5 Å². The maximum absolute atomic E-state index is 2.58. The van der Waals surface area contributed by atoms with Crippen LogP contribution in [-0.2, 0) is 0 Å². The minimum absolute atomic E-state index is 0.135. The fraction of sp³-hybridized carbons (Fsp3) is 0.238. The third-order valence-corrected chi connectivity index (χ3v) is 5.61. The van der Waals surface area contributed by atoms with Gasteiger partial charge in [0, 0.05) is 9.34 Å². The quantitative estimate of drug-likeness (QED) is 0.397. The Morgan fingerprint density at radius 1 is 0.864 bits per heavy atom. The van der Waals surface area contributed by atoms with E-state index in [1.807, 2.05) is 0 Å². The molecule has 0 radical (unpaired) electrons. The first-order valence-corrected chi connectivity index (χ1v) is 8.78. The van der Waals surface area contributed by atoms with Gasteiger partial charge in [0.2, 0.25) is 0 Å². The van der Waals surface area contributed by atoms with Gasteiger partial charge in [-0.3, -0.25) is 0 Å². The first-order chi connectivity index (χ1) is 10.5. The summed E-state index contributed by atoms with van der Waals surface area (Å²) < 4.78 is 0.135. The van der Waals surface area contributed by atoms with E-state index in [1.54, 1.807) is 0 Å². The van der Waals surface area contributed by atoms with Crippen molar-refractivity contribution in [2.24, 2.45) is 0 Å². The van der Waals surface area contributed by atoms with Crippen molar-refractivity contribution in [1.29, 1.82) is 0 Å². The molecule has 3 rings (SSSR count). The zero-order valence-electron chi connectivity index (χ0n) is 13.3. The number of benzene rings is 2. The highest BCUT2D eigenvalue weighted by atomic mass is 127. The summed E-state index contributed by atoms with van der Waals surface area (Å²) in [6, 6.07) is 19.6. The predicted molar refractivity (Wildman–Crippen MR) is 105 cm³/mol. The molecule has 22 heavy (non-hydrogen) atoms. The Hall–Kier alpha value is -1.35. The van der Waals surface area contributed by atoms with Crippen LogP contribution >= 0.6 is 22.6 Å². The average molecular weight is 400 g/mol. The van der Waals surface area contributed by atoms with Crippen molar-refractivity contribution >= 4 is 22.6 Å². The number of alkyl halides is 1. The largest absolute Gasteiger partial charge is 0.0736 e. The van der Waals surface area contributed by atoms with Crippen LogP contribution in [0.15, 0.2) is 77.9 Å². The van der Waals surface area contributed by atoms with E-state index in [-0.39, 0.29) is 3.42 Å². The molecule has 2 aromatic carbocycles. The SMILES string of the molecule is CC1=C(C)C(c2ccc(-c3ccccc3)cc2)C(C)(I)C=C1. The topological polar surface area (TPSA) is 0 Å². The van der Waals surface area contributed by atoms with E-state index < -0.39 is 0 Å². The Bertz CT molecular complexity index is 718. The van der Waals surface area contributed by atoms with E-state index in [0.29, 0.717) is 5.92 Å². The van der Waals surface area contributed by atoms with E-state index in [1.165, 1.54) is 27.8 Å². The van der Waals surface area contributed by atoms with E-state index >= 15 is 0 Å². The van der Waals surface area contributed by atoms with Gasteiger partial charge in [-0.25, -0.2) is 0 Å². The van der Waals surface area contributed by atoms with Gasteiger partial charge in [0.15, 0.2) is 0 Å². The van der Waals surface area contributed by atoms with Gasteiger partial charge in [-0.1, -0.05) is 100 Å². The summed E-state index contributed by atoms with van der Waals surface area (Å²) in [5.41, 5.74) is 6.83. The molecule has 0 saturated heterocycles. The smallest absolute Gasteiger partial charge is 0.0481 e. The third-order valence-electron chi connectivity index (χ3n) is 4.63. The first-order valence-electron chi connectivity index (χ1n) is 7.70. The lowest BCUT2D eigenvalue weighted by Crippen LogP contribution is -2.27. The molecule has 0 fully saturated rings. The molecule has 0 bridgehead atoms. The van der Waals surface area contributed by atoms with Crippen molar-refractivity contribution in [3.8, 4) is 11.1 Å². The first kappa shape index (κ1) is 15.5. The van der Waals surface area contributed by atoms with E-state index in [0.717, 1.165) is 0 Å². The van der Waals surface area contributed by atoms with Crippen LogP contribution < -0.4 is 0 Å². The molecule has 2 aromatic rings. The van der Waals surface area contributed by atoms with Gasteiger partial charge in [-0.2, -0.15) is 0 Å². The van der Waals surface area contributed by atoms with Gasteiger partial charge in [0.05, 0.1) is 0 Å². The van der Waals surface area contributed by atoms with E-state index in [9.17, 15) is 0 Å². The second-order valence-corrected chi connectivity index (χ2v) is 8.60. The van der Waals surface area contributed by atoms with Crippen LogP contribution in [0.1, 0.15) is 32.3 Å². The highest BCUT2D eigenvalue weighted by Crippen LogP contribution is 2.46. The average Bonchev–Trinajstić information content (AvgIpc) is 2.53. The summed E-state index contributed by atoms with van der Waals surface area (Å²) in [6.07, 6.45) is 4.60. The molecular formula is C21H21I. The molecule has 0 saturated carbocycles. The van der Waals surface area contributed by atoms with Crippen LogP contribution in [0.25, 0.3) is 11.1 Å². The van der Waals surface area contributed by atoms with Crippen molar-refractivity contribution in [2.45, 2.75) is 30.1 Å². The number of hydrogen-bond donors (Lipinski definition) is 0. The Balaban J connectivity index is 1.98. The molecule has 1 aliphatic rings. The van der Waals surface area contributed by atoms with Crippen molar-refractivity contribution in [3.63, 3.8) is 0 Å². The summed E-state index contributed by atoms with van der Waals surface area (Å²) >= 11 is 2.58. The van der Waals surface area contributed by atoms with Gasteiger partial charge in [0.25, 0.3) is 0 Å². The van der Waals surface area contributed by atoms with Crippen molar-refractivity contribution in [1.82, 2.24) is 0 Å². The minimum atomic E-state index is 0.135. The molecule has 0 nitrogen and oxygen atoms in total. The Morgan fingerprint density at radius 2 is 1.45 bits per heavy atom. The highest BCUT2D eigenvalue weighted by molar-refractivity contribution is 14.1. The minimum Gasteiger partial charge on any atom is -0.0736 e. The molecule has 1 aliphatic carbocycles. The Labute approximate surface area is 147 Å². The van der Waals surface area contributed by atoms with Crippen LogP contribution in [0.3, 0.4) is 0 Å². The molecular weight excluding hydrogens is 379 g/mol. The van der Waals surface area contributed by atoms with Gasteiger partial charge in [-0.05, 0) is 37.5 Å². The van der Waals surface area contributed by atoms with Crippen LogP contribution in [0.4, 0.5) is 0 Å². The van der Waals surface area contributed by atoms with Gasteiger partial charge >= 0.3 is 0 Å². The maximum Gasteiger partial charge on any atom is 0.0481 e.